The topological polar surface area (TPSA) is 59.3 Å². The quantitative estimate of drug-likeness (QED) is 0.616. The minimum absolute atomic E-state index is 0.00829. The fourth-order valence-corrected chi connectivity index (χ4v) is 2.31. The van der Waals surface area contributed by atoms with Crippen molar-refractivity contribution in [1.29, 1.82) is 5.26 Å². The smallest absolute Gasteiger partial charge is 0.446 e. The first-order chi connectivity index (χ1) is 9.80. The predicted octanol–water partition coefficient (Wildman–Crippen LogP) is 3.28. The van der Waals surface area contributed by atoms with Crippen LogP contribution >= 0.6 is 11.8 Å². The van der Waals surface area contributed by atoms with E-state index >= 15 is 0 Å². The zero-order chi connectivity index (χ0) is 16.0. The molecule has 0 unspecified atom stereocenters. The van der Waals surface area contributed by atoms with Crippen LogP contribution in [0.15, 0.2) is 17.0 Å². The number of rotatable bonds is 5. The molecule has 114 valence electrons. The molecule has 0 saturated carbocycles. The van der Waals surface area contributed by atoms with Gasteiger partial charge < -0.3 is 9.47 Å². The SMILES string of the molecule is CCOC(=O)Cc1cc(OC)c(C#N)c(SC(F)(F)F)c1. The Kier molecular flexibility index (Phi) is 5.90. The Balaban J connectivity index is 3.21. The Morgan fingerprint density at radius 1 is 1.43 bits per heavy atom. The van der Waals surface area contributed by atoms with E-state index in [4.69, 9.17) is 14.7 Å². The van der Waals surface area contributed by atoms with Gasteiger partial charge in [-0.05, 0) is 36.4 Å². The number of ether oxygens (including phenoxy) is 2. The number of methoxy groups -OCH3 is 1. The summed E-state index contributed by atoms with van der Waals surface area (Å²) in [6, 6.07) is 4.19. The molecule has 0 spiro atoms. The lowest BCUT2D eigenvalue weighted by molar-refractivity contribution is -0.142. The Labute approximate surface area is 123 Å². The van der Waals surface area contributed by atoms with Crippen LogP contribution in [0.1, 0.15) is 18.1 Å². The van der Waals surface area contributed by atoms with Gasteiger partial charge in [-0.25, -0.2) is 0 Å². The summed E-state index contributed by atoms with van der Waals surface area (Å²) in [6.45, 7) is 1.80. The van der Waals surface area contributed by atoms with Gasteiger partial charge in [0.15, 0.2) is 0 Å². The largest absolute Gasteiger partial charge is 0.495 e. The molecule has 0 N–H and O–H groups in total. The first-order valence-corrected chi connectivity index (χ1v) is 6.64. The molecule has 0 aliphatic heterocycles. The van der Waals surface area contributed by atoms with Crippen LogP contribution in [0.4, 0.5) is 13.2 Å². The number of thioether (sulfide) groups is 1. The van der Waals surface area contributed by atoms with E-state index in [1.165, 1.54) is 13.2 Å². The van der Waals surface area contributed by atoms with E-state index in [9.17, 15) is 18.0 Å². The minimum Gasteiger partial charge on any atom is -0.495 e. The first-order valence-electron chi connectivity index (χ1n) is 5.83. The molecule has 4 nitrogen and oxygen atoms in total. The molecular formula is C13H12F3NO3S. The highest BCUT2D eigenvalue weighted by Gasteiger charge is 2.31. The molecule has 0 atom stereocenters. The molecule has 0 saturated heterocycles. The van der Waals surface area contributed by atoms with Crippen LogP contribution in [0.2, 0.25) is 0 Å². The Hall–Kier alpha value is -1.88. The van der Waals surface area contributed by atoms with Crippen LogP contribution in [-0.4, -0.2) is 25.2 Å². The fourth-order valence-electron chi connectivity index (χ4n) is 1.60. The van der Waals surface area contributed by atoms with Crippen molar-refractivity contribution in [2.24, 2.45) is 0 Å². The number of benzene rings is 1. The van der Waals surface area contributed by atoms with Crippen molar-refractivity contribution in [1.82, 2.24) is 0 Å². The van der Waals surface area contributed by atoms with E-state index in [0.717, 1.165) is 6.07 Å². The highest BCUT2D eigenvalue weighted by Crippen LogP contribution is 2.41. The minimum atomic E-state index is -4.54. The maximum Gasteiger partial charge on any atom is 0.446 e. The fraction of sp³-hybridized carbons (Fsp3) is 0.385. The number of carbonyl (C=O) groups excluding carboxylic acids is 1. The second-order valence-electron chi connectivity index (χ2n) is 3.81. The number of alkyl halides is 3. The summed E-state index contributed by atoms with van der Waals surface area (Å²) in [6.07, 6.45) is -0.193. The summed E-state index contributed by atoms with van der Waals surface area (Å²) in [4.78, 5) is 11.1. The van der Waals surface area contributed by atoms with Gasteiger partial charge in [0.25, 0.3) is 0 Å². The summed E-state index contributed by atoms with van der Waals surface area (Å²) in [5.74, 6) is -0.571. The molecule has 21 heavy (non-hydrogen) atoms. The maximum atomic E-state index is 12.5. The van der Waals surface area contributed by atoms with Gasteiger partial charge in [-0.1, -0.05) is 0 Å². The lowest BCUT2D eigenvalue weighted by atomic mass is 10.1. The van der Waals surface area contributed by atoms with E-state index in [-0.39, 0.29) is 34.8 Å². The summed E-state index contributed by atoms with van der Waals surface area (Å²) in [5.41, 5.74) is -4.47. The third-order valence-electron chi connectivity index (χ3n) is 2.34. The number of nitrogens with zero attached hydrogens (tertiary/aromatic N) is 1. The molecule has 1 aromatic carbocycles. The molecular weight excluding hydrogens is 307 g/mol. The number of halogens is 3. The van der Waals surface area contributed by atoms with Crippen LogP contribution in [0, 0.1) is 11.3 Å². The third kappa shape index (κ3) is 5.19. The van der Waals surface area contributed by atoms with Crippen molar-refractivity contribution in [2.75, 3.05) is 13.7 Å². The molecule has 1 aromatic rings. The number of carbonyl (C=O) groups is 1. The van der Waals surface area contributed by atoms with E-state index in [2.05, 4.69) is 0 Å². The van der Waals surface area contributed by atoms with E-state index in [1.807, 2.05) is 0 Å². The molecule has 0 aromatic heterocycles. The molecule has 0 heterocycles. The standard InChI is InChI=1S/C13H12F3NO3S/c1-3-20-12(18)6-8-4-10(19-2)9(7-17)11(5-8)21-13(14,15)16/h4-5H,3,6H2,1-2H3. The third-order valence-corrected chi connectivity index (χ3v) is 3.11. The van der Waals surface area contributed by atoms with Crippen molar-refractivity contribution in [3.05, 3.63) is 23.3 Å². The Morgan fingerprint density at radius 3 is 2.57 bits per heavy atom. The van der Waals surface area contributed by atoms with E-state index < -0.39 is 23.2 Å². The lowest BCUT2D eigenvalue weighted by Crippen LogP contribution is -2.09. The van der Waals surface area contributed by atoms with Gasteiger partial charge in [-0.3, -0.25) is 4.79 Å². The number of hydrogen-bond donors (Lipinski definition) is 0. The highest BCUT2D eigenvalue weighted by atomic mass is 32.2. The van der Waals surface area contributed by atoms with Crippen molar-refractivity contribution in [3.63, 3.8) is 0 Å². The van der Waals surface area contributed by atoms with Crippen molar-refractivity contribution < 1.29 is 27.4 Å². The number of esters is 1. The average molecular weight is 319 g/mol. The van der Waals surface area contributed by atoms with Crippen LogP contribution < -0.4 is 4.74 Å². The predicted molar refractivity (Wildman–Crippen MR) is 70.0 cm³/mol. The summed E-state index contributed by atoms with van der Waals surface area (Å²) in [7, 11) is 1.24. The van der Waals surface area contributed by atoms with Crippen molar-refractivity contribution in [3.8, 4) is 11.8 Å². The maximum absolute atomic E-state index is 12.5. The summed E-state index contributed by atoms with van der Waals surface area (Å²) < 4.78 is 47.2. The van der Waals surface area contributed by atoms with Crippen LogP contribution in [-0.2, 0) is 16.0 Å². The molecule has 0 bridgehead atoms. The monoisotopic (exact) mass is 319 g/mol. The van der Waals surface area contributed by atoms with Crippen molar-refractivity contribution in [2.45, 2.75) is 23.7 Å². The Morgan fingerprint density at radius 2 is 2.10 bits per heavy atom. The summed E-state index contributed by atoms with van der Waals surface area (Å²) in [5, 5.41) is 8.98. The van der Waals surface area contributed by atoms with Gasteiger partial charge >= 0.3 is 11.5 Å². The molecule has 1 rings (SSSR count). The second-order valence-corrected chi connectivity index (χ2v) is 4.92. The van der Waals surface area contributed by atoms with Gasteiger partial charge in [0.05, 0.1) is 20.1 Å². The van der Waals surface area contributed by atoms with E-state index in [1.54, 1.807) is 13.0 Å². The van der Waals surface area contributed by atoms with Crippen molar-refractivity contribution >= 4 is 17.7 Å². The average Bonchev–Trinajstić information content (AvgIpc) is 2.36. The van der Waals surface area contributed by atoms with Gasteiger partial charge in [0.2, 0.25) is 0 Å². The van der Waals surface area contributed by atoms with E-state index in [0.29, 0.717) is 0 Å². The molecule has 0 aliphatic rings. The molecule has 0 fully saturated rings. The number of nitriles is 1. The van der Waals surface area contributed by atoms with Gasteiger partial charge in [-0.15, -0.1) is 0 Å². The number of hydrogen-bond acceptors (Lipinski definition) is 5. The first kappa shape index (κ1) is 17.2. The van der Waals surface area contributed by atoms with Gasteiger partial charge in [0, 0.05) is 4.90 Å². The van der Waals surface area contributed by atoms with Crippen LogP contribution in [0.5, 0.6) is 5.75 Å². The van der Waals surface area contributed by atoms with Gasteiger partial charge in [0.1, 0.15) is 17.4 Å². The molecule has 0 aliphatic carbocycles. The summed E-state index contributed by atoms with van der Waals surface area (Å²) >= 11 is -0.419. The van der Waals surface area contributed by atoms with Gasteiger partial charge in [-0.2, -0.15) is 18.4 Å². The van der Waals surface area contributed by atoms with Crippen LogP contribution in [0.3, 0.4) is 0 Å². The molecule has 0 amide bonds. The normalized spacial score (nSPS) is 10.9. The Bertz CT molecular complexity index is 567. The molecule has 0 radical (unpaired) electrons. The lowest BCUT2D eigenvalue weighted by Gasteiger charge is -2.12. The molecule has 8 heteroatoms. The zero-order valence-electron chi connectivity index (χ0n) is 11.3. The second kappa shape index (κ2) is 7.22. The highest BCUT2D eigenvalue weighted by molar-refractivity contribution is 8.00. The zero-order valence-corrected chi connectivity index (χ0v) is 12.1. The van der Waals surface area contributed by atoms with Crippen LogP contribution in [0.25, 0.3) is 0 Å².